The highest BCUT2D eigenvalue weighted by atomic mass is 32.2. The smallest absolute Gasteiger partial charge is 0.255 e. The van der Waals surface area contributed by atoms with Crippen LogP contribution in [-0.4, -0.2) is 51.9 Å². The van der Waals surface area contributed by atoms with E-state index in [9.17, 15) is 9.59 Å². The van der Waals surface area contributed by atoms with Crippen LogP contribution in [0.5, 0.6) is 0 Å². The van der Waals surface area contributed by atoms with Gasteiger partial charge in [0.05, 0.1) is 5.88 Å². The van der Waals surface area contributed by atoms with Gasteiger partial charge in [0, 0.05) is 23.9 Å². The third-order valence-corrected chi connectivity index (χ3v) is 5.55. The Bertz CT molecular complexity index is 549. The largest absolute Gasteiger partial charge is 0.338 e. The first kappa shape index (κ1) is 15.4. The van der Waals surface area contributed by atoms with Crippen LogP contribution in [0.2, 0.25) is 0 Å². The van der Waals surface area contributed by atoms with Crippen molar-refractivity contribution in [2.24, 2.45) is 0 Å². The van der Waals surface area contributed by atoms with E-state index in [1.54, 1.807) is 16.7 Å². The molecule has 0 radical (unpaired) electrons. The van der Waals surface area contributed by atoms with Gasteiger partial charge in [0.15, 0.2) is 0 Å². The molecule has 2 amide bonds. The Morgan fingerprint density at radius 2 is 1.91 bits per heavy atom. The first-order chi connectivity index (χ1) is 10.7. The van der Waals surface area contributed by atoms with Gasteiger partial charge < -0.3 is 9.80 Å². The summed E-state index contributed by atoms with van der Waals surface area (Å²) in [6, 6.07) is 9.24. The summed E-state index contributed by atoms with van der Waals surface area (Å²) in [6.07, 6.45) is 3.33. The van der Waals surface area contributed by atoms with E-state index in [-0.39, 0.29) is 17.9 Å². The monoisotopic (exact) mass is 318 g/mol. The topological polar surface area (TPSA) is 40.6 Å². The quantitative estimate of drug-likeness (QED) is 0.841. The van der Waals surface area contributed by atoms with Gasteiger partial charge in [-0.25, -0.2) is 0 Å². The van der Waals surface area contributed by atoms with E-state index in [0.717, 1.165) is 19.4 Å². The highest BCUT2D eigenvalue weighted by Gasteiger charge is 2.38. The van der Waals surface area contributed by atoms with E-state index in [1.807, 2.05) is 35.2 Å². The lowest BCUT2D eigenvalue weighted by Crippen LogP contribution is -2.52. The fourth-order valence-electron chi connectivity index (χ4n) is 3.21. The van der Waals surface area contributed by atoms with Crippen LogP contribution in [0.3, 0.4) is 0 Å². The van der Waals surface area contributed by atoms with Crippen LogP contribution in [0.4, 0.5) is 0 Å². The van der Waals surface area contributed by atoms with E-state index in [1.165, 1.54) is 6.42 Å². The highest BCUT2D eigenvalue weighted by Crippen LogP contribution is 2.27. The lowest BCUT2D eigenvalue weighted by molar-refractivity contribution is -0.138. The molecule has 2 fully saturated rings. The zero-order valence-corrected chi connectivity index (χ0v) is 13.7. The van der Waals surface area contributed by atoms with Crippen molar-refractivity contribution < 1.29 is 9.59 Å². The van der Waals surface area contributed by atoms with Crippen LogP contribution in [0, 0.1) is 0 Å². The summed E-state index contributed by atoms with van der Waals surface area (Å²) in [5, 5.41) is 0. The van der Waals surface area contributed by atoms with Gasteiger partial charge in [-0.1, -0.05) is 18.2 Å². The number of hydrogen-bond acceptors (Lipinski definition) is 3. The molecule has 0 bridgehead atoms. The van der Waals surface area contributed by atoms with Crippen molar-refractivity contribution in [3.63, 3.8) is 0 Å². The van der Waals surface area contributed by atoms with Crippen molar-refractivity contribution in [1.82, 2.24) is 9.80 Å². The molecule has 0 unspecified atom stereocenters. The van der Waals surface area contributed by atoms with Crippen molar-refractivity contribution in [3.8, 4) is 0 Å². The first-order valence-electron chi connectivity index (χ1n) is 7.92. The highest BCUT2D eigenvalue weighted by molar-refractivity contribution is 7.99. The molecule has 1 aromatic rings. The standard InChI is InChI=1S/C17H22N2O2S/c1-13-7-5-6-10-18(13)17(21)15-11-22-12-19(15)16(20)14-8-3-2-4-9-14/h2-4,8-9,13,15H,5-7,10-12H2,1H3/t13-,15-/m0/s1. The van der Waals surface area contributed by atoms with Crippen molar-refractivity contribution in [2.45, 2.75) is 38.3 Å². The van der Waals surface area contributed by atoms with Gasteiger partial charge in [0.2, 0.25) is 5.91 Å². The van der Waals surface area contributed by atoms with Crippen molar-refractivity contribution >= 4 is 23.6 Å². The summed E-state index contributed by atoms with van der Waals surface area (Å²) in [5.74, 6) is 1.41. The second-order valence-electron chi connectivity index (χ2n) is 6.03. The van der Waals surface area contributed by atoms with Crippen LogP contribution < -0.4 is 0 Å². The summed E-state index contributed by atoms with van der Waals surface area (Å²) in [6.45, 7) is 2.94. The van der Waals surface area contributed by atoms with Gasteiger partial charge in [-0.15, -0.1) is 11.8 Å². The molecule has 0 saturated carbocycles. The third-order valence-electron chi connectivity index (χ3n) is 4.54. The molecule has 22 heavy (non-hydrogen) atoms. The van der Waals surface area contributed by atoms with Crippen molar-refractivity contribution in [1.29, 1.82) is 0 Å². The van der Waals surface area contributed by atoms with Crippen LogP contribution in [0.15, 0.2) is 30.3 Å². The third kappa shape index (κ3) is 3.00. The average Bonchev–Trinajstić information content (AvgIpc) is 3.04. The molecular formula is C17H22N2O2S. The van der Waals surface area contributed by atoms with Crippen molar-refractivity contribution in [2.75, 3.05) is 18.2 Å². The number of rotatable bonds is 2. The molecule has 2 aliphatic rings. The predicted molar refractivity (Wildman–Crippen MR) is 88.8 cm³/mol. The lowest BCUT2D eigenvalue weighted by Gasteiger charge is -2.36. The molecule has 0 aliphatic carbocycles. The molecule has 2 aliphatic heterocycles. The van der Waals surface area contributed by atoms with Gasteiger partial charge in [-0.05, 0) is 38.3 Å². The molecule has 0 N–H and O–H groups in total. The molecule has 0 spiro atoms. The number of hydrogen-bond donors (Lipinski definition) is 0. The second-order valence-corrected chi connectivity index (χ2v) is 7.03. The molecule has 5 heteroatoms. The summed E-state index contributed by atoms with van der Waals surface area (Å²) in [7, 11) is 0. The Morgan fingerprint density at radius 3 is 2.64 bits per heavy atom. The molecule has 3 rings (SSSR count). The van der Waals surface area contributed by atoms with Gasteiger partial charge in [-0.3, -0.25) is 9.59 Å². The van der Waals surface area contributed by atoms with Gasteiger partial charge >= 0.3 is 0 Å². The van der Waals surface area contributed by atoms with Crippen LogP contribution >= 0.6 is 11.8 Å². The zero-order valence-electron chi connectivity index (χ0n) is 12.9. The fourth-order valence-corrected chi connectivity index (χ4v) is 4.36. The SMILES string of the molecule is C[C@H]1CCCCN1C(=O)[C@@H]1CSCN1C(=O)c1ccccc1. The molecule has 1 aromatic carbocycles. The van der Waals surface area contributed by atoms with E-state index in [4.69, 9.17) is 0 Å². The Labute approximate surface area is 135 Å². The maximum Gasteiger partial charge on any atom is 0.255 e. The fraction of sp³-hybridized carbons (Fsp3) is 0.529. The lowest BCUT2D eigenvalue weighted by atomic mass is 10.0. The molecule has 2 atom stereocenters. The maximum atomic E-state index is 12.9. The van der Waals surface area contributed by atoms with E-state index >= 15 is 0 Å². The summed E-state index contributed by atoms with van der Waals surface area (Å²) in [5.41, 5.74) is 0.662. The van der Waals surface area contributed by atoms with E-state index in [2.05, 4.69) is 6.92 Å². The Morgan fingerprint density at radius 1 is 1.14 bits per heavy atom. The van der Waals surface area contributed by atoms with Crippen molar-refractivity contribution in [3.05, 3.63) is 35.9 Å². The number of nitrogens with zero attached hydrogens (tertiary/aromatic N) is 2. The van der Waals surface area contributed by atoms with Gasteiger partial charge in [0.25, 0.3) is 5.91 Å². The number of likely N-dealkylation sites (tertiary alicyclic amines) is 1. The minimum absolute atomic E-state index is 0.0337. The van der Waals surface area contributed by atoms with E-state index in [0.29, 0.717) is 23.2 Å². The number of thioether (sulfide) groups is 1. The number of amides is 2. The Kier molecular flexibility index (Phi) is 4.71. The Balaban J connectivity index is 1.75. The number of carbonyl (C=O) groups excluding carboxylic acids is 2. The summed E-state index contributed by atoms with van der Waals surface area (Å²) >= 11 is 1.66. The van der Waals surface area contributed by atoms with Gasteiger partial charge in [0.1, 0.15) is 6.04 Å². The number of piperidine rings is 1. The summed E-state index contributed by atoms with van der Waals surface area (Å²) < 4.78 is 0. The predicted octanol–water partition coefficient (Wildman–Crippen LogP) is 2.60. The van der Waals surface area contributed by atoms with Gasteiger partial charge in [-0.2, -0.15) is 0 Å². The first-order valence-corrected chi connectivity index (χ1v) is 9.08. The number of benzene rings is 1. The van der Waals surface area contributed by atoms with E-state index < -0.39 is 0 Å². The average molecular weight is 318 g/mol. The molecule has 2 heterocycles. The molecule has 4 nitrogen and oxygen atoms in total. The normalized spacial score (nSPS) is 25.3. The molecular weight excluding hydrogens is 296 g/mol. The molecule has 118 valence electrons. The molecule has 2 saturated heterocycles. The van der Waals surface area contributed by atoms with Crippen LogP contribution in [-0.2, 0) is 4.79 Å². The zero-order chi connectivity index (χ0) is 15.5. The second kappa shape index (κ2) is 6.73. The minimum atomic E-state index is -0.307. The van der Waals surface area contributed by atoms with Crippen LogP contribution in [0.25, 0.3) is 0 Å². The Hall–Kier alpha value is -1.49. The van der Waals surface area contributed by atoms with Crippen LogP contribution in [0.1, 0.15) is 36.5 Å². The number of carbonyl (C=O) groups is 2. The maximum absolute atomic E-state index is 12.9. The molecule has 0 aromatic heterocycles. The summed E-state index contributed by atoms with van der Waals surface area (Å²) in [4.78, 5) is 29.3. The minimum Gasteiger partial charge on any atom is -0.338 e.